The molecular formula is C16H16F3N5O3. The van der Waals surface area contributed by atoms with Crippen molar-refractivity contribution in [3.05, 3.63) is 48.0 Å². The summed E-state index contributed by atoms with van der Waals surface area (Å²) in [5.74, 6) is 9.83. The predicted molar refractivity (Wildman–Crippen MR) is 92.1 cm³/mol. The van der Waals surface area contributed by atoms with Gasteiger partial charge < -0.3 is 26.1 Å². The standard InChI is InChI=1S/C16H16F3N5O3/c1-26-13-7-6-11(8-12(13)22-15(25)14(23-20)24-21)27-10-4-2-9(3-5-10)16(17,18)19/h2-8H,20-21H2,1H3,(H,22,25)(H,23,24). The fourth-order valence-electron chi connectivity index (χ4n) is 2.04. The number of amides is 1. The van der Waals surface area contributed by atoms with Gasteiger partial charge in [-0.25, -0.2) is 5.84 Å². The number of methoxy groups -OCH3 is 1. The number of rotatable bonds is 4. The molecular weight excluding hydrogens is 367 g/mol. The van der Waals surface area contributed by atoms with Crippen molar-refractivity contribution in [2.24, 2.45) is 16.8 Å². The first-order valence-corrected chi connectivity index (χ1v) is 7.37. The second kappa shape index (κ2) is 8.27. The molecule has 2 aromatic rings. The van der Waals surface area contributed by atoms with Gasteiger partial charge in [0, 0.05) is 6.07 Å². The minimum absolute atomic E-state index is 0.179. The van der Waals surface area contributed by atoms with Crippen LogP contribution in [-0.2, 0) is 11.0 Å². The Morgan fingerprint density at radius 1 is 1.11 bits per heavy atom. The number of nitrogens with zero attached hydrogens (tertiary/aromatic N) is 1. The molecule has 0 radical (unpaired) electrons. The maximum atomic E-state index is 12.6. The molecule has 1 amide bonds. The van der Waals surface area contributed by atoms with Gasteiger partial charge in [-0.2, -0.15) is 18.3 Å². The monoisotopic (exact) mass is 383 g/mol. The molecule has 0 fully saturated rings. The average Bonchev–Trinajstić information content (AvgIpc) is 2.63. The molecule has 27 heavy (non-hydrogen) atoms. The number of nitrogens with one attached hydrogen (secondary N) is 2. The molecule has 0 saturated carbocycles. The lowest BCUT2D eigenvalue weighted by atomic mass is 10.2. The van der Waals surface area contributed by atoms with Crippen LogP contribution in [-0.4, -0.2) is 18.9 Å². The topological polar surface area (TPSA) is 124 Å². The lowest BCUT2D eigenvalue weighted by molar-refractivity contribution is -0.137. The van der Waals surface area contributed by atoms with Gasteiger partial charge >= 0.3 is 6.18 Å². The van der Waals surface area contributed by atoms with Gasteiger partial charge in [0.15, 0.2) is 0 Å². The number of anilines is 1. The molecule has 2 rings (SSSR count). The Kier molecular flexibility index (Phi) is 6.08. The molecule has 2 aromatic carbocycles. The number of hydrazine groups is 1. The van der Waals surface area contributed by atoms with E-state index in [-0.39, 0.29) is 23.0 Å². The molecule has 0 aliphatic rings. The normalized spacial score (nSPS) is 11.7. The van der Waals surface area contributed by atoms with Crippen LogP contribution in [0.3, 0.4) is 0 Å². The van der Waals surface area contributed by atoms with E-state index in [1.165, 1.54) is 37.4 Å². The molecule has 0 bridgehead atoms. The fraction of sp³-hybridized carbons (Fsp3) is 0.125. The molecule has 0 aliphatic carbocycles. The van der Waals surface area contributed by atoms with Gasteiger partial charge in [0.1, 0.15) is 17.2 Å². The van der Waals surface area contributed by atoms with E-state index in [1.54, 1.807) is 0 Å². The van der Waals surface area contributed by atoms with Gasteiger partial charge in [-0.1, -0.05) is 0 Å². The maximum Gasteiger partial charge on any atom is 0.416 e. The third-order valence-electron chi connectivity index (χ3n) is 3.32. The van der Waals surface area contributed by atoms with Crippen LogP contribution >= 0.6 is 0 Å². The summed E-state index contributed by atoms with van der Waals surface area (Å²) in [6, 6.07) is 8.61. The Labute approximate surface area is 151 Å². The van der Waals surface area contributed by atoms with Crippen LogP contribution in [0.5, 0.6) is 17.2 Å². The van der Waals surface area contributed by atoms with Gasteiger partial charge in [0.25, 0.3) is 5.91 Å². The Morgan fingerprint density at radius 2 is 1.74 bits per heavy atom. The van der Waals surface area contributed by atoms with E-state index in [1.807, 2.05) is 5.43 Å². The van der Waals surface area contributed by atoms with E-state index in [0.29, 0.717) is 5.75 Å². The highest BCUT2D eigenvalue weighted by Crippen LogP contribution is 2.34. The van der Waals surface area contributed by atoms with Crippen molar-refractivity contribution in [1.29, 1.82) is 0 Å². The highest BCUT2D eigenvalue weighted by molar-refractivity contribution is 6.42. The Hall–Kier alpha value is -3.47. The molecule has 11 heteroatoms. The largest absolute Gasteiger partial charge is 0.495 e. The number of ether oxygens (including phenoxy) is 2. The number of hydrogen-bond acceptors (Lipinski definition) is 6. The van der Waals surface area contributed by atoms with Crippen LogP contribution in [0.15, 0.2) is 47.6 Å². The summed E-state index contributed by atoms with van der Waals surface area (Å²) in [4.78, 5) is 12.0. The number of carbonyl (C=O) groups is 1. The quantitative estimate of drug-likeness (QED) is 0.278. The lowest BCUT2D eigenvalue weighted by Gasteiger charge is -2.13. The predicted octanol–water partition coefficient (Wildman–Crippen LogP) is 2.18. The molecule has 0 aromatic heterocycles. The number of benzene rings is 2. The van der Waals surface area contributed by atoms with Gasteiger partial charge in [-0.3, -0.25) is 4.79 Å². The second-order valence-corrected chi connectivity index (χ2v) is 5.06. The summed E-state index contributed by atoms with van der Waals surface area (Å²) in [5.41, 5.74) is 1.45. The van der Waals surface area contributed by atoms with Crippen molar-refractivity contribution in [3.8, 4) is 17.2 Å². The number of halogens is 3. The highest BCUT2D eigenvalue weighted by atomic mass is 19.4. The second-order valence-electron chi connectivity index (χ2n) is 5.06. The molecule has 6 N–H and O–H groups in total. The van der Waals surface area contributed by atoms with Crippen molar-refractivity contribution < 1.29 is 27.4 Å². The average molecular weight is 383 g/mol. The molecule has 144 valence electrons. The van der Waals surface area contributed by atoms with E-state index in [2.05, 4.69) is 10.4 Å². The number of nitrogens with two attached hydrogens (primary N) is 2. The molecule has 0 atom stereocenters. The Morgan fingerprint density at radius 3 is 2.26 bits per heavy atom. The smallest absolute Gasteiger partial charge is 0.416 e. The van der Waals surface area contributed by atoms with Crippen molar-refractivity contribution in [3.63, 3.8) is 0 Å². The van der Waals surface area contributed by atoms with E-state index in [4.69, 9.17) is 21.2 Å². The summed E-state index contributed by atoms with van der Waals surface area (Å²) in [5, 5.41) is 5.65. The zero-order valence-electron chi connectivity index (χ0n) is 14.0. The SMILES string of the molecule is COc1ccc(Oc2ccc(C(F)(F)F)cc2)cc1NC(=O)/C(=N/N)NN. The Bertz CT molecular complexity index is 838. The zero-order chi connectivity index (χ0) is 20.0. The lowest BCUT2D eigenvalue weighted by Crippen LogP contribution is -2.40. The number of hydrazone groups is 1. The van der Waals surface area contributed by atoms with E-state index in [9.17, 15) is 18.0 Å². The van der Waals surface area contributed by atoms with Crippen LogP contribution in [0.4, 0.5) is 18.9 Å². The third-order valence-corrected chi connectivity index (χ3v) is 3.32. The number of amidine groups is 1. The van der Waals surface area contributed by atoms with E-state index < -0.39 is 17.6 Å². The van der Waals surface area contributed by atoms with Gasteiger partial charge in [0.2, 0.25) is 5.84 Å². The summed E-state index contributed by atoms with van der Waals surface area (Å²) < 4.78 is 48.4. The fourth-order valence-corrected chi connectivity index (χ4v) is 2.04. The van der Waals surface area contributed by atoms with Crippen LogP contribution in [0.2, 0.25) is 0 Å². The first-order valence-electron chi connectivity index (χ1n) is 7.37. The number of hydrogen-bond donors (Lipinski definition) is 4. The van der Waals surface area contributed by atoms with Crippen LogP contribution in [0, 0.1) is 0 Å². The highest BCUT2D eigenvalue weighted by Gasteiger charge is 2.30. The molecule has 8 nitrogen and oxygen atoms in total. The van der Waals surface area contributed by atoms with E-state index in [0.717, 1.165) is 12.1 Å². The van der Waals surface area contributed by atoms with Crippen LogP contribution in [0.25, 0.3) is 0 Å². The van der Waals surface area contributed by atoms with Crippen molar-refractivity contribution in [2.45, 2.75) is 6.18 Å². The summed E-state index contributed by atoms with van der Waals surface area (Å²) in [6.45, 7) is 0. The summed E-state index contributed by atoms with van der Waals surface area (Å²) >= 11 is 0. The van der Waals surface area contributed by atoms with Gasteiger partial charge in [-0.05, 0) is 36.4 Å². The van der Waals surface area contributed by atoms with E-state index >= 15 is 0 Å². The first kappa shape index (κ1) is 19.8. The summed E-state index contributed by atoms with van der Waals surface area (Å²) in [7, 11) is 1.39. The van der Waals surface area contributed by atoms with Crippen LogP contribution in [0.1, 0.15) is 5.56 Å². The summed E-state index contributed by atoms with van der Waals surface area (Å²) in [6.07, 6.45) is -4.44. The zero-order valence-corrected chi connectivity index (χ0v) is 14.0. The number of alkyl halides is 3. The van der Waals surface area contributed by atoms with Crippen LogP contribution < -0.4 is 31.9 Å². The van der Waals surface area contributed by atoms with Gasteiger partial charge in [-0.15, -0.1) is 0 Å². The third kappa shape index (κ3) is 5.01. The number of carbonyl (C=O) groups excluding carboxylic acids is 1. The molecule has 0 saturated heterocycles. The molecule has 0 spiro atoms. The maximum absolute atomic E-state index is 12.6. The minimum atomic E-state index is -4.44. The molecule has 0 unspecified atom stereocenters. The van der Waals surface area contributed by atoms with Gasteiger partial charge in [0.05, 0.1) is 18.4 Å². The molecule has 0 heterocycles. The minimum Gasteiger partial charge on any atom is -0.495 e. The Balaban J connectivity index is 2.22. The van der Waals surface area contributed by atoms with Crippen molar-refractivity contribution in [1.82, 2.24) is 5.43 Å². The van der Waals surface area contributed by atoms with Crippen molar-refractivity contribution in [2.75, 3.05) is 12.4 Å². The van der Waals surface area contributed by atoms with Crippen molar-refractivity contribution >= 4 is 17.4 Å². The molecule has 0 aliphatic heterocycles. The first-order chi connectivity index (χ1) is 12.8.